The molecule has 0 saturated carbocycles. The molecule has 88 valence electrons. The molecule has 2 atom stereocenters. The van der Waals surface area contributed by atoms with Gasteiger partial charge in [0.15, 0.2) is 0 Å². The Hall–Kier alpha value is -2.47. The fourth-order valence-corrected chi connectivity index (χ4v) is 2.28. The predicted molar refractivity (Wildman–Crippen MR) is 72.3 cm³/mol. The van der Waals surface area contributed by atoms with Crippen LogP contribution in [0.1, 0.15) is 11.6 Å². The molecule has 1 aliphatic rings. The van der Waals surface area contributed by atoms with E-state index >= 15 is 0 Å². The highest BCUT2D eigenvalue weighted by atomic mass is 15.1. The summed E-state index contributed by atoms with van der Waals surface area (Å²) < 4.78 is 0. The van der Waals surface area contributed by atoms with Gasteiger partial charge in [-0.3, -0.25) is 0 Å². The van der Waals surface area contributed by atoms with E-state index in [1.807, 2.05) is 54.6 Å². The molecule has 3 nitrogen and oxygen atoms in total. The molecule has 3 heteroatoms. The van der Waals surface area contributed by atoms with Crippen LogP contribution in [0, 0.1) is 11.3 Å². The van der Waals surface area contributed by atoms with Gasteiger partial charge in [0.2, 0.25) is 0 Å². The number of fused-ring (bicyclic) bond motifs is 1. The second-order valence-electron chi connectivity index (χ2n) is 4.33. The third-order valence-corrected chi connectivity index (χ3v) is 3.18. The molecule has 1 heterocycles. The summed E-state index contributed by atoms with van der Waals surface area (Å²) in [5.41, 5.74) is 3.14. The van der Waals surface area contributed by atoms with Crippen molar-refractivity contribution in [2.45, 2.75) is 12.1 Å². The van der Waals surface area contributed by atoms with E-state index in [1.54, 1.807) is 0 Å². The summed E-state index contributed by atoms with van der Waals surface area (Å²) in [6, 6.07) is 20.0. The Morgan fingerprint density at radius 2 is 1.44 bits per heavy atom. The van der Waals surface area contributed by atoms with Crippen LogP contribution in [0.3, 0.4) is 0 Å². The molecule has 2 aromatic rings. The fourth-order valence-electron chi connectivity index (χ4n) is 2.28. The number of anilines is 2. The van der Waals surface area contributed by atoms with E-state index < -0.39 is 0 Å². The van der Waals surface area contributed by atoms with E-state index in [0.29, 0.717) is 0 Å². The second-order valence-corrected chi connectivity index (χ2v) is 4.33. The molecule has 0 spiro atoms. The molecule has 2 N–H and O–H groups in total. The zero-order valence-electron chi connectivity index (χ0n) is 9.80. The lowest BCUT2D eigenvalue weighted by Crippen LogP contribution is -2.35. The Bertz CT molecular complexity index is 586. The van der Waals surface area contributed by atoms with Gasteiger partial charge in [-0.15, -0.1) is 0 Å². The van der Waals surface area contributed by atoms with Gasteiger partial charge in [-0.25, -0.2) is 0 Å². The summed E-state index contributed by atoms with van der Waals surface area (Å²) in [6.07, 6.45) is 0. The Morgan fingerprint density at radius 1 is 0.833 bits per heavy atom. The zero-order chi connectivity index (χ0) is 12.4. The first-order chi connectivity index (χ1) is 8.88. The van der Waals surface area contributed by atoms with Crippen molar-refractivity contribution >= 4 is 11.4 Å². The second kappa shape index (κ2) is 4.42. The molecule has 0 bridgehead atoms. The van der Waals surface area contributed by atoms with Crippen LogP contribution in [0.4, 0.5) is 11.4 Å². The highest BCUT2D eigenvalue weighted by Crippen LogP contribution is 2.34. The van der Waals surface area contributed by atoms with Crippen molar-refractivity contribution < 1.29 is 0 Å². The van der Waals surface area contributed by atoms with Crippen LogP contribution in [0.5, 0.6) is 0 Å². The van der Waals surface area contributed by atoms with Crippen LogP contribution in [-0.4, -0.2) is 6.04 Å². The van der Waals surface area contributed by atoms with Gasteiger partial charge in [0.1, 0.15) is 6.04 Å². The molecule has 0 fully saturated rings. The number of benzene rings is 2. The normalized spacial score (nSPS) is 21.1. The van der Waals surface area contributed by atoms with Crippen molar-refractivity contribution in [3.05, 3.63) is 60.2 Å². The Balaban J connectivity index is 1.99. The SMILES string of the molecule is N#CC1Nc2ccccc2NC1c1ccccc1. The first-order valence-electron chi connectivity index (χ1n) is 5.95. The molecule has 18 heavy (non-hydrogen) atoms. The third kappa shape index (κ3) is 1.78. The van der Waals surface area contributed by atoms with Crippen molar-refractivity contribution in [1.82, 2.24) is 0 Å². The van der Waals surface area contributed by atoms with Crippen LogP contribution in [0.25, 0.3) is 0 Å². The molecule has 2 unspecified atom stereocenters. The standard InChI is InChI=1S/C15H13N3/c16-10-14-15(11-6-2-1-3-7-11)18-13-9-5-4-8-12(13)17-14/h1-9,14-15,17-18H. The molecule has 3 rings (SSSR count). The summed E-state index contributed by atoms with van der Waals surface area (Å²) in [5, 5.41) is 16.0. The largest absolute Gasteiger partial charge is 0.373 e. The average molecular weight is 235 g/mol. The van der Waals surface area contributed by atoms with Gasteiger partial charge in [0, 0.05) is 0 Å². The Kier molecular flexibility index (Phi) is 2.62. The third-order valence-electron chi connectivity index (χ3n) is 3.18. The first kappa shape index (κ1) is 10.7. The van der Waals surface area contributed by atoms with Crippen molar-refractivity contribution in [3.8, 4) is 6.07 Å². The molecular formula is C15H13N3. The highest BCUT2D eigenvalue weighted by Gasteiger charge is 2.28. The fraction of sp³-hybridized carbons (Fsp3) is 0.133. The van der Waals surface area contributed by atoms with Crippen LogP contribution in [-0.2, 0) is 0 Å². The van der Waals surface area contributed by atoms with Crippen molar-refractivity contribution in [3.63, 3.8) is 0 Å². The lowest BCUT2D eigenvalue weighted by Gasteiger charge is -2.32. The summed E-state index contributed by atoms with van der Waals surface area (Å²) in [7, 11) is 0. The molecule has 1 aliphatic heterocycles. The average Bonchev–Trinajstić information content (AvgIpc) is 2.46. The monoisotopic (exact) mass is 235 g/mol. The van der Waals surface area contributed by atoms with E-state index in [-0.39, 0.29) is 12.1 Å². The van der Waals surface area contributed by atoms with Gasteiger partial charge in [-0.1, -0.05) is 42.5 Å². The lowest BCUT2D eigenvalue weighted by atomic mass is 9.97. The predicted octanol–water partition coefficient (Wildman–Crippen LogP) is 3.16. The molecule has 0 aromatic heterocycles. The minimum absolute atomic E-state index is 0.0221. The van der Waals surface area contributed by atoms with Gasteiger partial charge in [0.05, 0.1) is 23.5 Å². The maximum Gasteiger partial charge on any atom is 0.139 e. The quantitative estimate of drug-likeness (QED) is 0.798. The molecule has 2 aromatic carbocycles. The van der Waals surface area contributed by atoms with Gasteiger partial charge in [-0.05, 0) is 17.7 Å². The molecular weight excluding hydrogens is 222 g/mol. The van der Waals surface area contributed by atoms with Gasteiger partial charge < -0.3 is 10.6 Å². The van der Waals surface area contributed by atoms with E-state index in [0.717, 1.165) is 16.9 Å². The van der Waals surface area contributed by atoms with Gasteiger partial charge in [0.25, 0.3) is 0 Å². The summed E-state index contributed by atoms with van der Waals surface area (Å²) in [6.45, 7) is 0. The van der Waals surface area contributed by atoms with E-state index in [4.69, 9.17) is 0 Å². The van der Waals surface area contributed by atoms with Crippen LogP contribution >= 0.6 is 0 Å². The van der Waals surface area contributed by atoms with E-state index in [2.05, 4.69) is 16.7 Å². The van der Waals surface area contributed by atoms with Crippen LogP contribution in [0.15, 0.2) is 54.6 Å². The van der Waals surface area contributed by atoms with Crippen LogP contribution < -0.4 is 10.6 Å². The van der Waals surface area contributed by atoms with Crippen molar-refractivity contribution in [2.75, 3.05) is 10.6 Å². The molecule has 0 aliphatic carbocycles. The number of nitriles is 1. The smallest absolute Gasteiger partial charge is 0.139 e. The van der Waals surface area contributed by atoms with Crippen LogP contribution in [0.2, 0.25) is 0 Å². The Morgan fingerprint density at radius 3 is 2.11 bits per heavy atom. The lowest BCUT2D eigenvalue weighted by molar-refractivity contribution is 0.709. The van der Waals surface area contributed by atoms with Crippen molar-refractivity contribution in [1.29, 1.82) is 5.26 Å². The van der Waals surface area contributed by atoms with E-state index in [1.165, 1.54) is 0 Å². The summed E-state index contributed by atoms with van der Waals surface area (Å²) in [5.74, 6) is 0. The molecule has 0 radical (unpaired) electrons. The molecule has 0 saturated heterocycles. The maximum absolute atomic E-state index is 9.30. The number of para-hydroxylation sites is 2. The van der Waals surface area contributed by atoms with Gasteiger partial charge in [-0.2, -0.15) is 5.26 Å². The van der Waals surface area contributed by atoms with E-state index in [9.17, 15) is 5.26 Å². The first-order valence-corrected chi connectivity index (χ1v) is 5.95. The van der Waals surface area contributed by atoms with Gasteiger partial charge >= 0.3 is 0 Å². The number of nitrogens with one attached hydrogen (secondary N) is 2. The number of nitrogens with zero attached hydrogens (tertiary/aromatic N) is 1. The summed E-state index contributed by atoms with van der Waals surface area (Å²) >= 11 is 0. The number of hydrogen-bond acceptors (Lipinski definition) is 3. The number of rotatable bonds is 1. The minimum Gasteiger partial charge on any atom is -0.373 e. The Labute approximate surface area is 106 Å². The zero-order valence-corrected chi connectivity index (χ0v) is 9.80. The number of hydrogen-bond donors (Lipinski definition) is 2. The maximum atomic E-state index is 9.30. The highest BCUT2D eigenvalue weighted by molar-refractivity contribution is 5.73. The van der Waals surface area contributed by atoms with Crippen molar-refractivity contribution in [2.24, 2.45) is 0 Å². The molecule has 0 amide bonds. The topological polar surface area (TPSA) is 47.9 Å². The summed E-state index contributed by atoms with van der Waals surface area (Å²) in [4.78, 5) is 0. The minimum atomic E-state index is -0.262.